The van der Waals surface area contributed by atoms with E-state index in [0.29, 0.717) is 11.3 Å². The molecule has 2 aromatic carbocycles. The van der Waals surface area contributed by atoms with Crippen LogP contribution in [0.2, 0.25) is 0 Å². The Morgan fingerprint density at radius 3 is 2.44 bits per heavy atom. The van der Waals surface area contributed by atoms with Crippen molar-refractivity contribution in [1.82, 2.24) is 10.2 Å². The van der Waals surface area contributed by atoms with Crippen LogP contribution in [0.15, 0.2) is 88.4 Å². The van der Waals surface area contributed by atoms with Gasteiger partial charge in [0.1, 0.15) is 23.4 Å². The lowest BCUT2D eigenvalue weighted by molar-refractivity contribution is -0.136. The van der Waals surface area contributed by atoms with Crippen LogP contribution in [0, 0.1) is 23.7 Å². The molecule has 0 radical (unpaired) electrons. The SMILES string of the molecule is C[C@H]1C2=C(C(O)=C3C(=O)C4C(=O)CC(C(N)=O)=C(O)[C@@H](N(C)C)C4CC31)C(O)C(NC(=O)Nc1cccc3ccccc13)C=C2. The van der Waals surface area contributed by atoms with Crippen molar-refractivity contribution in [3.05, 3.63) is 88.4 Å². The van der Waals surface area contributed by atoms with Crippen LogP contribution in [-0.2, 0) is 14.4 Å². The number of hydrogen-bond donors (Lipinski definition) is 6. The summed E-state index contributed by atoms with van der Waals surface area (Å²) in [5, 5.41) is 41.5. The lowest BCUT2D eigenvalue weighted by Gasteiger charge is -2.46. The number of allylic oxidation sites excluding steroid dienone is 3. The lowest BCUT2D eigenvalue weighted by atomic mass is 9.59. The Balaban J connectivity index is 1.29. The maximum atomic E-state index is 14.1. The number of urea groups is 1. The number of carbonyl (C=O) groups excluding carboxylic acids is 4. The second kappa shape index (κ2) is 11.3. The maximum Gasteiger partial charge on any atom is 0.319 e. The number of likely N-dealkylation sites (N-methyl/N-ethyl adjacent to an activating group) is 1. The summed E-state index contributed by atoms with van der Waals surface area (Å²) in [6, 6.07) is 10.8. The highest BCUT2D eigenvalue weighted by molar-refractivity contribution is 6.14. The second-order valence-electron chi connectivity index (χ2n) is 12.5. The number of aliphatic hydroxyl groups is 3. The number of nitrogens with two attached hydrogens (primary N) is 1. The first kappa shape index (κ1) is 30.3. The van der Waals surface area contributed by atoms with E-state index in [4.69, 9.17) is 5.73 Å². The standard InChI is InChI=1S/C34H36N4O7/c1-15-17-11-12-23(37-34(45)36-22-10-6-8-16-7-4-5-9-18(16)22)30(41)26(17)32(43)27-19(15)13-20-25(31(27)42)24(39)14-21(33(35)44)29(40)28(20)38(2)3/h4-12,15,19-20,23,25,28,30,40-41,43H,13-14H2,1-3H3,(H2,35,44)(H2,36,37,45)/t15-,19?,20?,23?,25?,28-,30?/m0/s1. The number of anilines is 1. The number of hydrogen-bond acceptors (Lipinski definition) is 8. The van der Waals surface area contributed by atoms with Crippen LogP contribution < -0.4 is 16.4 Å². The lowest BCUT2D eigenvalue weighted by Crippen LogP contribution is -2.52. The molecule has 2 aromatic rings. The normalized spacial score (nSPS) is 29.8. The van der Waals surface area contributed by atoms with Crippen LogP contribution in [0.1, 0.15) is 19.8 Å². The number of benzene rings is 2. The Morgan fingerprint density at radius 1 is 1.02 bits per heavy atom. The number of amides is 3. The van der Waals surface area contributed by atoms with Crippen molar-refractivity contribution in [2.45, 2.75) is 38.0 Å². The van der Waals surface area contributed by atoms with Gasteiger partial charge in [0.25, 0.3) is 0 Å². The van der Waals surface area contributed by atoms with E-state index in [1.807, 2.05) is 43.3 Å². The van der Waals surface area contributed by atoms with E-state index in [1.54, 1.807) is 37.2 Å². The highest BCUT2D eigenvalue weighted by Crippen LogP contribution is 2.52. The second-order valence-corrected chi connectivity index (χ2v) is 12.5. The largest absolute Gasteiger partial charge is 0.510 e. The van der Waals surface area contributed by atoms with Crippen LogP contribution in [-0.4, -0.2) is 76.0 Å². The molecule has 1 fully saturated rings. The molecular weight excluding hydrogens is 576 g/mol. The molecule has 7 N–H and O–H groups in total. The van der Waals surface area contributed by atoms with Gasteiger partial charge in [-0.1, -0.05) is 55.5 Å². The Labute approximate surface area is 259 Å². The van der Waals surface area contributed by atoms with Gasteiger partial charge in [0.15, 0.2) is 5.78 Å². The van der Waals surface area contributed by atoms with E-state index in [-0.39, 0.29) is 34.8 Å². The number of carbonyl (C=O) groups is 4. The monoisotopic (exact) mass is 612 g/mol. The van der Waals surface area contributed by atoms with Crippen molar-refractivity contribution in [2.24, 2.45) is 29.4 Å². The van der Waals surface area contributed by atoms with Gasteiger partial charge < -0.3 is 31.7 Å². The van der Waals surface area contributed by atoms with Crippen LogP contribution in [0.5, 0.6) is 0 Å². The molecule has 0 saturated heterocycles. The van der Waals surface area contributed by atoms with Gasteiger partial charge in [0, 0.05) is 23.0 Å². The number of ketones is 2. The number of fused-ring (bicyclic) bond motifs is 3. The van der Waals surface area contributed by atoms with Crippen LogP contribution in [0.3, 0.4) is 0 Å². The summed E-state index contributed by atoms with van der Waals surface area (Å²) < 4.78 is 0. The predicted octanol–water partition coefficient (Wildman–Crippen LogP) is 3.04. The van der Waals surface area contributed by atoms with Gasteiger partial charge in [0.2, 0.25) is 5.91 Å². The van der Waals surface area contributed by atoms with Gasteiger partial charge in [-0.05, 0) is 55.3 Å². The number of nitrogens with zero attached hydrogens (tertiary/aromatic N) is 1. The fraction of sp³-hybridized carbons (Fsp3) is 0.353. The van der Waals surface area contributed by atoms with E-state index in [9.17, 15) is 34.5 Å². The molecule has 0 spiro atoms. The maximum absolute atomic E-state index is 14.1. The first-order chi connectivity index (χ1) is 21.4. The number of Topliss-reactive ketones (excluding diaryl/α,β-unsaturated/α-hetero) is 2. The molecule has 3 amide bonds. The van der Waals surface area contributed by atoms with Crippen molar-refractivity contribution < 1.29 is 34.5 Å². The van der Waals surface area contributed by atoms with Gasteiger partial charge >= 0.3 is 6.03 Å². The molecule has 4 aliphatic rings. The molecule has 5 unspecified atom stereocenters. The van der Waals surface area contributed by atoms with Crippen LogP contribution in [0.25, 0.3) is 10.8 Å². The van der Waals surface area contributed by atoms with Crippen LogP contribution >= 0.6 is 0 Å². The molecule has 4 aliphatic carbocycles. The Kier molecular flexibility index (Phi) is 7.62. The zero-order chi connectivity index (χ0) is 32.3. The van der Waals surface area contributed by atoms with Crippen molar-refractivity contribution >= 4 is 40.0 Å². The zero-order valence-electron chi connectivity index (χ0n) is 25.2. The molecule has 7 atom stereocenters. The Bertz CT molecular complexity index is 1770. The molecule has 234 valence electrons. The highest BCUT2D eigenvalue weighted by Gasteiger charge is 2.55. The molecule has 6 rings (SSSR count). The van der Waals surface area contributed by atoms with Crippen molar-refractivity contribution in [3.63, 3.8) is 0 Å². The van der Waals surface area contributed by atoms with E-state index >= 15 is 0 Å². The smallest absolute Gasteiger partial charge is 0.319 e. The summed E-state index contributed by atoms with van der Waals surface area (Å²) in [6.45, 7) is 1.88. The molecule has 1 saturated carbocycles. The van der Waals surface area contributed by atoms with E-state index in [2.05, 4.69) is 10.6 Å². The first-order valence-corrected chi connectivity index (χ1v) is 14.9. The number of primary amides is 1. The molecular formula is C34H36N4O7. The number of rotatable bonds is 4. The zero-order valence-corrected chi connectivity index (χ0v) is 25.2. The quantitative estimate of drug-likeness (QED) is 0.285. The van der Waals surface area contributed by atoms with Crippen molar-refractivity contribution in [2.75, 3.05) is 19.4 Å². The van der Waals surface area contributed by atoms with Gasteiger partial charge in [-0.2, -0.15) is 0 Å². The van der Waals surface area contributed by atoms with Gasteiger partial charge in [-0.15, -0.1) is 0 Å². The van der Waals surface area contributed by atoms with E-state index < -0.39 is 71.6 Å². The number of aliphatic hydroxyl groups excluding tert-OH is 3. The van der Waals surface area contributed by atoms with E-state index in [0.717, 1.165) is 10.8 Å². The van der Waals surface area contributed by atoms with Crippen molar-refractivity contribution in [3.8, 4) is 0 Å². The third-order valence-electron chi connectivity index (χ3n) is 9.79. The molecule has 0 aliphatic heterocycles. The minimum atomic E-state index is -1.38. The topological polar surface area (TPSA) is 182 Å². The summed E-state index contributed by atoms with van der Waals surface area (Å²) in [6.07, 6.45) is 1.78. The molecule has 11 heteroatoms. The van der Waals surface area contributed by atoms with Gasteiger partial charge in [-0.3, -0.25) is 19.3 Å². The predicted molar refractivity (Wildman–Crippen MR) is 167 cm³/mol. The Morgan fingerprint density at radius 2 is 1.73 bits per heavy atom. The molecule has 0 aromatic heterocycles. The minimum absolute atomic E-state index is 0.0451. The molecule has 11 nitrogen and oxygen atoms in total. The van der Waals surface area contributed by atoms with Crippen LogP contribution in [0.4, 0.5) is 10.5 Å². The third-order valence-corrected chi connectivity index (χ3v) is 9.79. The summed E-state index contributed by atoms with van der Waals surface area (Å²) in [7, 11) is 3.38. The summed E-state index contributed by atoms with van der Waals surface area (Å²) in [5.41, 5.74) is 6.67. The fourth-order valence-corrected chi connectivity index (χ4v) is 7.69. The minimum Gasteiger partial charge on any atom is -0.510 e. The highest BCUT2D eigenvalue weighted by atomic mass is 16.3. The fourth-order valence-electron chi connectivity index (χ4n) is 7.69. The first-order valence-electron chi connectivity index (χ1n) is 14.9. The average Bonchev–Trinajstić information content (AvgIpc) is 3.10. The molecule has 45 heavy (non-hydrogen) atoms. The average molecular weight is 613 g/mol. The molecule has 0 bridgehead atoms. The van der Waals surface area contributed by atoms with E-state index in [1.165, 1.54) is 0 Å². The third kappa shape index (κ3) is 4.92. The number of nitrogens with one attached hydrogen (secondary N) is 2. The molecule has 0 heterocycles. The summed E-state index contributed by atoms with van der Waals surface area (Å²) in [5.74, 6) is -5.58. The van der Waals surface area contributed by atoms with Gasteiger partial charge in [0.05, 0.1) is 29.3 Å². The van der Waals surface area contributed by atoms with Gasteiger partial charge in [-0.25, -0.2) is 4.79 Å². The summed E-state index contributed by atoms with van der Waals surface area (Å²) >= 11 is 0. The summed E-state index contributed by atoms with van der Waals surface area (Å²) in [4.78, 5) is 54.5. The Hall–Kier alpha value is -4.74. The van der Waals surface area contributed by atoms with Crippen molar-refractivity contribution in [1.29, 1.82) is 0 Å².